The maximum absolute atomic E-state index is 11.0. The van der Waals surface area contributed by atoms with Gasteiger partial charge < -0.3 is 9.94 Å². The second-order valence-electron chi connectivity index (χ2n) is 4.89. The summed E-state index contributed by atoms with van der Waals surface area (Å²) in [5.74, 6) is -0.949. The highest BCUT2D eigenvalue weighted by Crippen LogP contribution is 2.59. The van der Waals surface area contributed by atoms with Crippen LogP contribution in [0.2, 0.25) is 0 Å². The summed E-state index contributed by atoms with van der Waals surface area (Å²) in [6.45, 7) is 9.69. The lowest BCUT2D eigenvalue weighted by Crippen LogP contribution is -2.03. The minimum Gasteiger partial charge on any atom is -0.481 e. The van der Waals surface area contributed by atoms with E-state index in [0.717, 1.165) is 5.57 Å². The summed E-state index contributed by atoms with van der Waals surface area (Å²) in [5, 5.41) is 12.8. The molecule has 17 heavy (non-hydrogen) atoms. The molecule has 94 valence electrons. The summed E-state index contributed by atoms with van der Waals surface area (Å²) in [6.07, 6.45) is 5.15. The second-order valence-corrected chi connectivity index (χ2v) is 4.89. The molecular weight excluding hydrogens is 218 g/mol. The fourth-order valence-corrected chi connectivity index (χ4v) is 2.00. The van der Waals surface area contributed by atoms with Gasteiger partial charge >= 0.3 is 5.97 Å². The third-order valence-corrected chi connectivity index (χ3v) is 3.14. The number of rotatable bonds is 6. The summed E-state index contributed by atoms with van der Waals surface area (Å²) >= 11 is 0. The zero-order valence-corrected chi connectivity index (χ0v) is 10.5. The first-order valence-corrected chi connectivity index (χ1v) is 5.58. The van der Waals surface area contributed by atoms with Gasteiger partial charge in [0.2, 0.25) is 0 Å². The van der Waals surface area contributed by atoms with E-state index in [1.807, 2.05) is 26.8 Å². The van der Waals surface area contributed by atoms with Crippen molar-refractivity contribution >= 4 is 12.2 Å². The van der Waals surface area contributed by atoms with E-state index >= 15 is 0 Å². The minimum absolute atomic E-state index is 0.0749. The van der Waals surface area contributed by atoms with Gasteiger partial charge in [-0.2, -0.15) is 0 Å². The van der Waals surface area contributed by atoms with Gasteiger partial charge in [-0.3, -0.25) is 4.79 Å². The highest BCUT2D eigenvalue weighted by Gasteiger charge is 2.60. The van der Waals surface area contributed by atoms with E-state index in [9.17, 15) is 4.79 Å². The third-order valence-electron chi connectivity index (χ3n) is 3.14. The van der Waals surface area contributed by atoms with Gasteiger partial charge in [-0.25, -0.2) is 0 Å². The number of carbonyl (C=O) groups is 1. The molecule has 0 spiro atoms. The molecule has 0 aromatic rings. The number of hydrogen-bond donors (Lipinski definition) is 1. The molecule has 1 rings (SSSR count). The van der Waals surface area contributed by atoms with Crippen LogP contribution in [0.4, 0.5) is 0 Å². The number of aliphatic carboxylic acids is 1. The zero-order chi connectivity index (χ0) is 13.1. The molecule has 4 nitrogen and oxygen atoms in total. The van der Waals surface area contributed by atoms with Crippen molar-refractivity contribution in [2.24, 2.45) is 22.4 Å². The topological polar surface area (TPSA) is 58.9 Å². The highest BCUT2D eigenvalue weighted by atomic mass is 16.6. The lowest BCUT2D eigenvalue weighted by molar-refractivity contribution is -0.139. The molecule has 2 atom stereocenters. The van der Waals surface area contributed by atoms with Crippen LogP contribution in [0.15, 0.2) is 29.5 Å². The quantitative estimate of drug-likeness (QED) is 0.334. The summed E-state index contributed by atoms with van der Waals surface area (Å²) in [4.78, 5) is 15.8. The van der Waals surface area contributed by atoms with Crippen molar-refractivity contribution < 1.29 is 14.7 Å². The lowest BCUT2D eigenvalue weighted by Gasteiger charge is -1.97. The Labute approximate surface area is 102 Å². The molecule has 1 fully saturated rings. The third kappa shape index (κ3) is 3.19. The van der Waals surface area contributed by atoms with Crippen LogP contribution in [-0.4, -0.2) is 23.9 Å². The number of carboxylic acid groups (broad SMARTS) is 1. The molecular formula is C13H19NO3. The normalized spacial score (nSPS) is 26.9. The van der Waals surface area contributed by atoms with Gasteiger partial charge in [-0.1, -0.05) is 37.7 Å². The molecule has 0 aromatic heterocycles. The van der Waals surface area contributed by atoms with Crippen LogP contribution in [0.1, 0.15) is 20.8 Å². The SMILES string of the molecule is C=CCO/N=C/C(C)=C/C1C(C(=O)O)C1(C)C. The molecule has 0 aliphatic heterocycles. The second kappa shape index (κ2) is 5.17. The van der Waals surface area contributed by atoms with Crippen LogP contribution in [0.3, 0.4) is 0 Å². The molecule has 0 radical (unpaired) electrons. The summed E-state index contributed by atoms with van der Waals surface area (Å²) in [7, 11) is 0. The Kier molecular flexibility index (Phi) is 4.10. The monoisotopic (exact) mass is 237 g/mol. The van der Waals surface area contributed by atoms with Gasteiger partial charge in [0, 0.05) is 0 Å². The molecule has 1 saturated carbocycles. The van der Waals surface area contributed by atoms with E-state index in [0.29, 0.717) is 6.61 Å². The fraction of sp³-hybridized carbons (Fsp3) is 0.538. The summed E-state index contributed by atoms with van der Waals surface area (Å²) in [5.41, 5.74) is 0.749. The Hall–Kier alpha value is -1.58. The van der Waals surface area contributed by atoms with Crippen LogP contribution in [0.25, 0.3) is 0 Å². The van der Waals surface area contributed by atoms with E-state index in [4.69, 9.17) is 9.94 Å². The number of hydrogen-bond acceptors (Lipinski definition) is 3. The molecule has 1 N–H and O–H groups in total. The van der Waals surface area contributed by atoms with E-state index < -0.39 is 5.97 Å². The summed E-state index contributed by atoms with van der Waals surface area (Å²) in [6, 6.07) is 0. The van der Waals surface area contributed by atoms with E-state index in [1.165, 1.54) is 0 Å². The predicted octanol–water partition coefficient (Wildman–Crippen LogP) is 2.48. The van der Waals surface area contributed by atoms with Crippen molar-refractivity contribution in [3.8, 4) is 0 Å². The first kappa shape index (κ1) is 13.5. The standard InChI is InChI=1S/C13H19NO3/c1-5-6-17-14-8-9(2)7-10-11(12(15)16)13(10,3)4/h5,7-8,10-11H,1,6H2,2-4H3,(H,15,16)/b9-7+,14-8+. The Balaban J connectivity index is 2.56. The zero-order valence-electron chi connectivity index (χ0n) is 10.5. The van der Waals surface area contributed by atoms with Crippen molar-refractivity contribution in [3.63, 3.8) is 0 Å². The van der Waals surface area contributed by atoms with Crippen LogP contribution in [0.5, 0.6) is 0 Å². The van der Waals surface area contributed by atoms with Crippen LogP contribution >= 0.6 is 0 Å². The first-order valence-electron chi connectivity index (χ1n) is 5.58. The predicted molar refractivity (Wildman–Crippen MR) is 66.8 cm³/mol. The Morgan fingerprint density at radius 2 is 2.24 bits per heavy atom. The van der Waals surface area contributed by atoms with Gasteiger partial charge in [0.15, 0.2) is 0 Å². The lowest BCUT2D eigenvalue weighted by atomic mass is 10.1. The Bertz CT molecular complexity index is 369. The van der Waals surface area contributed by atoms with Gasteiger partial charge in [-0.05, 0) is 23.8 Å². The van der Waals surface area contributed by atoms with Crippen LogP contribution < -0.4 is 0 Å². The molecule has 4 heteroatoms. The van der Waals surface area contributed by atoms with E-state index in [-0.39, 0.29) is 17.3 Å². The smallest absolute Gasteiger partial charge is 0.307 e. The maximum atomic E-state index is 11.0. The maximum Gasteiger partial charge on any atom is 0.307 e. The molecule has 1 aliphatic rings. The van der Waals surface area contributed by atoms with Crippen molar-refractivity contribution in [3.05, 3.63) is 24.3 Å². The van der Waals surface area contributed by atoms with E-state index in [2.05, 4.69) is 11.7 Å². The molecule has 2 unspecified atom stereocenters. The average Bonchev–Trinajstić information content (AvgIpc) is 2.75. The number of oxime groups is 1. The van der Waals surface area contributed by atoms with Gasteiger partial charge in [-0.15, -0.1) is 0 Å². The molecule has 0 aromatic carbocycles. The molecule has 0 saturated heterocycles. The van der Waals surface area contributed by atoms with Crippen molar-refractivity contribution in [2.75, 3.05) is 6.61 Å². The highest BCUT2D eigenvalue weighted by molar-refractivity contribution is 5.80. The fourth-order valence-electron chi connectivity index (χ4n) is 2.00. The van der Waals surface area contributed by atoms with Crippen LogP contribution in [-0.2, 0) is 9.63 Å². The van der Waals surface area contributed by atoms with Gasteiger partial charge in [0.25, 0.3) is 0 Å². The van der Waals surface area contributed by atoms with Gasteiger partial charge in [0.1, 0.15) is 6.61 Å². The number of carboxylic acids is 1. The molecule has 1 aliphatic carbocycles. The van der Waals surface area contributed by atoms with Crippen molar-refractivity contribution in [2.45, 2.75) is 20.8 Å². The van der Waals surface area contributed by atoms with Crippen molar-refractivity contribution in [1.82, 2.24) is 0 Å². The van der Waals surface area contributed by atoms with Gasteiger partial charge in [0.05, 0.1) is 12.1 Å². The molecule has 0 heterocycles. The first-order chi connectivity index (χ1) is 7.91. The van der Waals surface area contributed by atoms with Crippen LogP contribution in [0, 0.1) is 17.3 Å². The molecule has 0 amide bonds. The minimum atomic E-state index is -0.733. The average molecular weight is 237 g/mol. The largest absolute Gasteiger partial charge is 0.481 e. The van der Waals surface area contributed by atoms with Crippen molar-refractivity contribution in [1.29, 1.82) is 0 Å². The number of allylic oxidation sites excluding steroid dienone is 2. The molecule has 0 bridgehead atoms. The van der Waals surface area contributed by atoms with E-state index in [1.54, 1.807) is 12.3 Å². The summed E-state index contributed by atoms with van der Waals surface area (Å²) < 4.78 is 0. The Morgan fingerprint density at radius 1 is 1.59 bits per heavy atom. The Morgan fingerprint density at radius 3 is 2.71 bits per heavy atom. The number of nitrogens with zero attached hydrogens (tertiary/aromatic N) is 1.